The third-order valence-corrected chi connectivity index (χ3v) is 4.00. The average Bonchev–Trinajstić information content (AvgIpc) is 3.06. The van der Waals surface area contributed by atoms with Crippen molar-refractivity contribution in [1.82, 2.24) is 5.32 Å². The van der Waals surface area contributed by atoms with Gasteiger partial charge in [0.25, 0.3) is 0 Å². The molecular weight excluding hydrogens is 298 g/mol. The third kappa shape index (κ3) is 3.39. The van der Waals surface area contributed by atoms with Gasteiger partial charge in [0.2, 0.25) is 0 Å². The molecule has 0 saturated carbocycles. The fourth-order valence-corrected chi connectivity index (χ4v) is 2.78. The van der Waals surface area contributed by atoms with Crippen molar-refractivity contribution in [3.63, 3.8) is 0 Å². The highest BCUT2D eigenvalue weighted by molar-refractivity contribution is 5.70. The molecule has 3 rings (SSSR count). The van der Waals surface area contributed by atoms with Crippen LogP contribution < -0.4 is 5.32 Å². The van der Waals surface area contributed by atoms with E-state index in [1.807, 2.05) is 0 Å². The predicted octanol–water partition coefficient (Wildman–Crippen LogP) is 3.38. The highest BCUT2D eigenvalue weighted by Crippen LogP contribution is 2.30. The van der Waals surface area contributed by atoms with Gasteiger partial charge in [-0.2, -0.15) is 5.26 Å². The average molecular weight is 314 g/mol. The van der Waals surface area contributed by atoms with Gasteiger partial charge in [0, 0.05) is 23.7 Å². The Morgan fingerprint density at radius 3 is 2.78 bits per heavy atom. The van der Waals surface area contributed by atoms with Crippen molar-refractivity contribution < 1.29 is 13.5 Å². The second kappa shape index (κ2) is 6.86. The summed E-state index contributed by atoms with van der Waals surface area (Å²) in [6.45, 7) is 1.90. The van der Waals surface area contributed by atoms with E-state index >= 15 is 0 Å². The van der Waals surface area contributed by atoms with Crippen molar-refractivity contribution >= 4 is 0 Å². The summed E-state index contributed by atoms with van der Waals surface area (Å²) in [5.74, 6) is -1.28. The lowest BCUT2D eigenvalue weighted by Crippen LogP contribution is -2.17. The van der Waals surface area contributed by atoms with Gasteiger partial charge in [-0.25, -0.2) is 8.78 Å². The number of hydrogen-bond donors (Lipinski definition) is 1. The summed E-state index contributed by atoms with van der Waals surface area (Å²) in [6.07, 6.45) is 1.00. The van der Waals surface area contributed by atoms with Gasteiger partial charge >= 0.3 is 0 Å². The molecule has 1 saturated heterocycles. The third-order valence-electron chi connectivity index (χ3n) is 4.00. The smallest absolute Gasteiger partial charge is 0.133 e. The van der Waals surface area contributed by atoms with E-state index in [0.29, 0.717) is 16.7 Å². The zero-order valence-corrected chi connectivity index (χ0v) is 12.5. The SMILES string of the molecule is N#Cc1cccc(-c2ccc(F)cc2F)c1COC1CCNC1. The number of nitriles is 1. The molecule has 2 aromatic rings. The lowest BCUT2D eigenvalue weighted by molar-refractivity contribution is 0.0543. The molecule has 1 N–H and O–H groups in total. The lowest BCUT2D eigenvalue weighted by Gasteiger charge is -2.15. The van der Waals surface area contributed by atoms with E-state index in [0.717, 1.165) is 25.6 Å². The number of rotatable bonds is 4. The van der Waals surface area contributed by atoms with Crippen LogP contribution in [0.1, 0.15) is 17.5 Å². The van der Waals surface area contributed by atoms with E-state index < -0.39 is 11.6 Å². The standard InChI is InChI=1S/C18H16F2N2O/c19-13-4-5-16(18(20)8-13)15-3-1-2-12(9-21)17(15)11-23-14-6-7-22-10-14/h1-5,8,14,22H,6-7,10-11H2. The number of hydrogen-bond acceptors (Lipinski definition) is 3. The summed E-state index contributed by atoms with van der Waals surface area (Å²) in [7, 11) is 0. The summed E-state index contributed by atoms with van der Waals surface area (Å²) in [6, 6.07) is 10.7. The fourth-order valence-electron chi connectivity index (χ4n) is 2.78. The minimum atomic E-state index is -0.649. The number of ether oxygens (including phenoxy) is 1. The topological polar surface area (TPSA) is 45.0 Å². The number of benzene rings is 2. The van der Waals surface area contributed by atoms with E-state index in [9.17, 15) is 14.0 Å². The van der Waals surface area contributed by atoms with Gasteiger partial charge < -0.3 is 10.1 Å². The molecule has 0 radical (unpaired) electrons. The van der Waals surface area contributed by atoms with Crippen LogP contribution in [-0.2, 0) is 11.3 Å². The van der Waals surface area contributed by atoms with E-state index in [4.69, 9.17) is 4.74 Å². The molecule has 1 aliphatic heterocycles. The Balaban J connectivity index is 1.97. The monoisotopic (exact) mass is 314 g/mol. The summed E-state index contributed by atoms with van der Waals surface area (Å²) >= 11 is 0. The van der Waals surface area contributed by atoms with Gasteiger partial charge in [-0.3, -0.25) is 0 Å². The Morgan fingerprint density at radius 1 is 1.22 bits per heavy atom. The quantitative estimate of drug-likeness (QED) is 0.941. The molecule has 0 amide bonds. The van der Waals surface area contributed by atoms with Crippen LogP contribution in [0.25, 0.3) is 11.1 Å². The number of nitrogens with one attached hydrogen (secondary N) is 1. The van der Waals surface area contributed by atoms with Crippen molar-refractivity contribution in [2.45, 2.75) is 19.1 Å². The fraction of sp³-hybridized carbons (Fsp3) is 0.278. The van der Waals surface area contributed by atoms with E-state index in [1.54, 1.807) is 18.2 Å². The first-order valence-corrected chi connectivity index (χ1v) is 7.49. The predicted molar refractivity (Wildman–Crippen MR) is 82.6 cm³/mol. The first kappa shape index (κ1) is 15.6. The maximum atomic E-state index is 14.1. The Hall–Kier alpha value is -2.29. The van der Waals surface area contributed by atoms with Crippen LogP contribution in [-0.4, -0.2) is 19.2 Å². The summed E-state index contributed by atoms with van der Waals surface area (Å²) in [5.41, 5.74) is 1.91. The van der Waals surface area contributed by atoms with E-state index in [2.05, 4.69) is 11.4 Å². The molecule has 0 bridgehead atoms. The molecule has 23 heavy (non-hydrogen) atoms. The maximum absolute atomic E-state index is 14.1. The minimum absolute atomic E-state index is 0.0904. The summed E-state index contributed by atoms with van der Waals surface area (Å²) in [5, 5.41) is 12.5. The largest absolute Gasteiger partial charge is 0.372 e. The molecule has 1 unspecified atom stereocenters. The summed E-state index contributed by atoms with van der Waals surface area (Å²) < 4.78 is 33.1. The van der Waals surface area contributed by atoms with Crippen LogP contribution in [0, 0.1) is 23.0 Å². The van der Waals surface area contributed by atoms with Crippen LogP contribution in [0.15, 0.2) is 36.4 Å². The highest BCUT2D eigenvalue weighted by Gasteiger charge is 2.18. The van der Waals surface area contributed by atoms with Gasteiger partial charge in [-0.15, -0.1) is 0 Å². The Morgan fingerprint density at radius 2 is 2.09 bits per heavy atom. The molecular formula is C18H16F2N2O. The number of nitrogens with zero attached hydrogens (tertiary/aromatic N) is 1. The van der Waals surface area contributed by atoms with Gasteiger partial charge in [0.05, 0.1) is 24.3 Å². The van der Waals surface area contributed by atoms with Crippen LogP contribution in [0.5, 0.6) is 0 Å². The molecule has 0 spiro atoms. The zero-order valence-electron chi connectivity index (χ0n) is 12.5. The lowest BCUT2D eigenvalue weighted by atomic mass is 9.96. The molecule has 1 fully saturated rings. The van der Waals surface area contributed by atoms with Crippen molar-refractivity contribution in [1.29, 1.82) is 5.26 Å². The molecule has 1 heterocycles. The Bertz CT molecular complexity index is 749. The zero-order chi connectivity index (χ0) is 16.2. The van der Waals surface area contributed by atoms with Crippen LogP contribution in [0.2, 0.25) is 0 Å². The van der Waals surface area contributed by atoms with Crippen molar-refractivity contribution in [3.05, 3.63) is 59.2 Å². The Labute approximate surface area is 133 Å². The molecule has 118 valence electrons. The van der Waals surface area contributed by atoms with E-state index in [1.165, 1.54) is 12.1 Å². The van der Waals surface area contributed by atoms with Crippen LogP contribution >= 0.6 is 0 Å². The molecule has 5 heteroatoms. The number of halogens is 2. The second-order valence-electron chi connectivity index (χ2n) is 5.49. The maximum Gasteiger partial charge on any atom is 0.133 e. The van der Waals surface area contributed by atoms with Crippen molar-refractivity contribution in [2.24, 2.45) is 0 Å². The first-order valence-electron chi connectivity index (χ1n) is 7.49. The second-order valence-corrected chi connectivity index (χ2v) is 5.49. The van der Waals surface area contributed by atoms with Crippen LogP contribution in [0.4, 0.5) is 8.78 Å². The van der Waals surface area contributed by atoms with Crippen molar-refractivity contribution in [2.75, 3.05) is 13.1 Å². The highest BCUT2D eigenvalue weighted by atomic mass is 19.1. The Kier molecular flexibility index (Phi) is 4.65. The molecule has 1 aliphatic rings. The first-order chi connectivity index (χ1) is 11.2. The molecule has 2 aromatic carbocycles. The van der Waals surface area contributed by atoms with Gasteiger partial charge in [0.1, 0.15) is 11.6 Å². The van der Waals surface area contributed by atoms with Gasteiger partial charge in [-0.05, 0) is 36.7 Å². The van der Waals surface area contributed by atoms with Gasteiger partial charge in [0.15, 0.2) is 0 Å². The molecule has 1 atom stereocenters. The molecule has 0 aromatic heterocycles. The van der Waals surface area contributed by atoms with Crippen LogP contribution in [0.3, 0.4) is 0 Å². The normalized spacial score (nSPS) is 17.2. The van der Waals surface area contributed by atoms with E-state index in [-0.39, 0.29) is 18.3 Å². The minimum Gasteiger partial charge on any atom is -0.372 e. The summed E-state index contributed by atoms with van der Waals surface area (Å²) in [4.78, 5) is 0. The van der Waals surface area contributed by atoms with Gasteiger partial charge in [-0.1, -0.05) is 12.1 Å². The van der Waals surface area contributed by atoms with Crippen molar-refractivity contribution in [3.8, 4) is 17.2 Å². The molecule has 3 nitrogen and oxygen atoms in total. The molecule has 0 aliphatic carbocycles.